The normalized spacial score (nSPS) is 11.7. The Morgan fingerprint density at radius 1 is 1.10 bits per heavy atom. The highest BCUT2D eigenvalue weighted by Crippen LogP contribution is 2.25. The van der Waals surface area contributed by atoms with Crippen LogP contribution in [0.2, 0.25) is 0 Å². The number of hydrazone groups is 1. The van der Waals surface area contributed by atoms with E-state index in [1.165, 1.54) is 23.5 Å². The van der Waals surface area contributed by atoms with Gasteiger partial charge in [0.25, 0.3) is 15.9 Å². The fourth-order valence-corrected chi connectivity index (χ4v) is 5.13. The zero-order valence-corrected chi connectivity index (χ0v) is 19.3. The summed E-state index contributed by atoms with van der Waals surface area (Å²) in [4.78, 5) is 13.6. The van der Waals surface area contributed by atoms with Crippen molar-refractivity contribution in [1.29, 1.82) is 0 Å². The number of rotatable bonds is 8. The SMILES string of the molecule is Cc1ccsc1/C=N/NC(=O)CN(c1ccc(C(C)C)cc1)S(=O)(=O)c1ccccc1. The maximum atomic E-state index is 13.3. The van der Waals surface area contributed by atoms with Crippen molar-refractivity contribution in [2.75, 3.05) is 10.8 Å². The van der Waals surface area contributed by atoms with Gasteiger partial charge in [0, 0.05) is 4.88 Å². The molecule has 0 unspecified atom stereocenters. The van der Waals surface area contributed by atoms with Crippen molar-refractivity contribution >= 4 is 39.2 Å². The first-order valence-electron chi connectivity index (χ1n) is 9.83. The van der Waals surface area contributed by atoms with E-state index in [0.29, 0.717) is 11.6 Å². The molecule has 0 bridgehead atoms. The van der Waals surface area contributed by atoms with E-state index in [2.05, 4.69) is 24.4 Å². The molecule has 1 heterocycles. The van der Waals surface area contributed by atoms with Gasteiger partial charge in [-0.05, 0) is 59.7 Å². The summed E-state index contributed by atoms with van der Waals surface area (Å²) in [5.74, 6) is -0.218. The molecule has 2 aromatic carbocycles. The molecule has 0 atom stereocenters. The lowest BCUT2D eigenvalue weighted by Crippen LogP contribution is -2.39. The largest absolute Gasteiger partial charge is 0.271 e. The molecule has 0 saturated heterocycles. The number of nitrogens with one attached hydrogen (secondary N) is 1. The number of hydrogen-bond acceptors (Lipinski definition) is 5. The topological polar surface area (TPSA) is 78.8 Å². The van der Waals surface area contributed by atoms with E-state index in [1.807, 2.05) is 30.5 Å². The smallest absolute Gasteiger partial charge is 0.264 e. The van der Waals surface area contributed by atoms with E-state index in [0.717, 1.165) is 20.3 Å². The quantitative estimate of drug-likeness (QED) is 0.400. The van der Waals surface area contributed by atoms with Crippen LogP contribution in [-0.2, 0) is 14.8 Å². The van der Waals surface area contributed by atoms with Gasteiger partial charge in [-0.25, -0.2) is 13.8 Å². The molecule has 0 aliphatic carbocycles. The highest BCUT2D eigenvalue weighted by atomic mass is 32.2. The molecule has 31 heavy (non-hydrogen) atoms. The van der Waals surface area contributed by atoms with E-state index >= 15 is 0 Å². The van der Waals surface area contributed by atoms with Gasteiger partial charge in [0.1, 0.15) is 6.54 Å². The first-order chi connectivity index (χ1) is 14.8. The second kappa shape index (κ2) is 9.89. The molecule has 8 heteroatoms. The lowest BCUT2D eigenvalue weighted by molar-refractivity contribution is -0.119. The Morgan fingerprint density at radius 2 is 1.77 bits per heavy atom. The summed E-state index contributed by atoms with van der Waals surface area (Å²) >= 11 is 1.51. The fourth-order valence-electron chi connectivity index (χ4n) is 2.91. The Kier molecular flexibility index (Phi) is 7.25. The Labute approximate surface area is 187 Å². The predicted octanol–water partition coefficient (Wildman–Crippen LogP) is 4.53. The molecule has 0 saturated carbocycles. The minimum atomic E-state index is -3.93. The van der Waals surface area contributed by atoms with E-state index in [4.69, 9.17) is 0 Å². The third kappa shape index (κ3) is 5.59. The van der Waals surface area contributed by atoms with Gasteiger partial charge in [-0.3, -0.25) is 9.10 Å². The van der Waals surface area contributed by atoms with Gasteiger partial charge in [-0.2, -0.15) is 5.10 Å². The van der Waals surface area contributed by atoms with Gasteiger partial charge in [-0.1, -0.05) is 44.2 Å². The maximum absolute atomic E-state index is 13.3. The van der Waals surface area contributed by atoms with Crippen LogP contribution in [0.15, 0.2) is 76.0 Å². The van der Waals surface area contributed by atoms with Crippen LogP contribution in [0, 0.1) is 6.92 Å². The van der Waals surface area contributed by atoms with Crippen LogP contribution < -0.4 is 9.73 Å². The monoisotopic (exact) mass is 455 g/mol. The first-order valence-corrected chi connectivity index (χ1v) is 12.1. The number of thiophene rings is 1. The van der Waals surface area contributed by atoms with Crippen molar-refractivity contribution < 1.29 is 13.2 Å². The van der Waals surface area contributed by atoms with E-state index in [-0.39, 0.29) is 11.4 Å². The van der Waals surface area contributed by atoms with Gasteiger partial charge >= 0.3 is 0 Å². The van der Waals surface area contributed by atoms with Crippen molar-refractivity contribution in [2.45, 2.75) is 31.6 Å². The zero-order chi connectivity index (χ0) is 22.4. The number of carbonyl (C=O) groups excluding carboxylic acids is 1. The molecule has 162 valence electrons. The Balaban J connectivity index is 1.86. The van der Waals surface area contributed by atoms with Gasteiger partial charge in [0.2, 0.25) is 0 Å². The molecule has 6 nitrogen and oxygen atoms in total. The molecule has 0 spiro atoms. The lowest BCUT2D eigenvalue weighted by Gasteiger charge is -2.24. The van der Waals surface area contributed by atoms with Crippen molar-refractivity contribution in [2.24, 2.45) is 5.10 Å². The van der Waals surface area contributed by atoms with Crippen molar-refractivity contribution in [3.8, 4) is 0 Å². The minimum absolute atomic E-state index is 0.119. The summed E-state index contributed by atoms with van der Waals surface area (Å²) in [5.41, 5.74) is 4.99. The Hall–Kier alpha value is -2.97. The maximum Gasteiger partial charge on any atom is 0.264 e. The summed E-state index contributed by atoms with van der Waals surface area (Å²) < 4.78 is 27.7. The third-order valence-corrected chi connectivity index (χ3v) is 7.48. The summed E-state index contributed by atoms with van der Waals surface area (Å²) in [5, 5.41) is 5.92. The summed E-state index contributed by atoms with van der Waals surface area (Å²) in [6.07, 6.45) is 1.56. The molecule has 3 aromatic rings. The second-order valence-corrected chi connectivity index (χ2v) is 10.1. The summed E-state index contributed by atoms with van der Waals surface area (Å²) in [6.45, 7) is 5.69. The Bertz CT molecular complexity index is 1150. The van der Waals surface area contributed by atoms with Crippen LogP contribution >= 0.6 is 11.3 Å². The minimum Gasteiger partial charge on any atom is -0.271 e. The van der Waals surface area contributed by atoms with Gasteiger partial charge < -0.3 is 0 Å². The highest BCUT2D eigenvalue weighted by Gasteiger charge is 2.27. The predicted molar refractivity (Wildman–Crippen MR) is 126 cm³/mol. The molecule has 0 aliphatic heterocycles. The third-order valence-electron chi connectivity index (χ3n) is 4.74. The van der Waals surface area contributed by atoms with Crippen molar-refractivity contribution in [3.05, 3.63) is 82.0 Å². The van der Waals surface area contributed by atoms with Crippen molar-refractivity contribution in [1.82, 2.24) is 5.43 Å². The number of amides is 1. The Morgan fingerprint density at radius 3 is 2.35 bits per heavy atom. The van der Waals surface area contributed by atoms with Crippen LogP contribution in [0.1, 0.15) is 35.8 Å². The van der Waals surface area contributed by atoms with Gasteiger partial charge in [-0.15, -0.1) is 11.3 Å². The number of hydrogen-bond donors (Lipinski definition) is 1. The lowest BCUT2D eigenvalue weighted by atomic mass is 10.0. The second-order valence-electron chi connectivity index (χ2n) is 7.33. The molecule has 1 aromatic heterocycles. The standard InChI is InChI=1S/C23H25N3O3S2/c1-17(2)19-9-11-20(12-10-19)26(31(28,29)21-7-5-4-6-8-21)16-23(27)25-24-15-22-18(3)13-14-30-22/h4-15,17H,16H2,1-3H3,(H,25,27)/b24-15+. The highest BCUT2D eigenvalue weighted by molar-refractivity contribution is 7.92. The van der Waals surface area contributed by atoms with Crippen LogP contribution in [0.3, 0.4) is 0 Å². The molecule has 1 amide bonds. The zero-order valence-electron chi connectivity index (χ0n) is 17.6. The molecule has 0 radical (unpaired) electrons. The number of aryl methyl sites for hydroxylation is 1. The molecule has 1 N–H and O–H groups in total. The summed E-state index contributed by atoms with van der Waals surface area (Å²) in [7, 11) is -3.93. The van der Waals surface area contributed by atoms with Crippen molar-refractivity contribution in [3.63, 3.8) is 0 Å². The van der Waals surface area contributed by atoms with Gasteiger partial charge in [0.05, 0.1) is 16.8 Å². The fraction of sp³-hybridized carbons (Fsp3) is 0.217. The molecule has 0 aliphatic rings. The molecule has 3 rings (SSSR count). The van der Waals surface area contributed by atoms with Crippen LogP contribution in [0.4, 0.5) is 5.69 Å². The average Bonchev–Trinajstić information content (AvgIpc) is 3.17. The number of nitrogens with zero attached hydrogens (tertiary/aromatic N) is 2. The summed E-state index contributed by atoms with van der Waals surface area (Å²) in [6, 6.07) is 17.2. The number of anilines is 1. The van der Waals surface area contributed by atoms with Crippen LogP contribution in [0.5, 0.6) is 0 Å². The van der Waals surface area contributed by atoms with Crippen LogP contribution in [0.25, 0.3) is 0 Å². The van der Waals surface area contributed by atoms with E-state index in [9.17, 15) is 13.2 Å². The number of carbonyl (C=O) groups is 1. The van der Waals surface area contributed by atoms with E-state index < -0.39 is 15.9 Å². The first kappa shape index (κ1) is 22.7. The van der Waals surface area contributed by atoms with E-state index in [1.54, 1.807) is 36.5 Å². The molecule has 0 fully saturated rings. The molecular formula is C23H25N3O3S2. The number of sulfonamides is 1. The average molecular weight is 456 g/mol. The van der Waals surface area contributed by atoms with Gasteiger partial charge in [0.15, 0.2) is 0 Å². The van der Waals surface area contributed by atoms with Crippen LogP contribution in [-0.4, -0.2) is 27.1 Å². The number of benzene rings is 2. The molecular weight excluding hydrogens is 430 g/mol.